The van der Waals surface area contributed by atoms with Gasteiger partial charge in [0.05, 0.1) is 0 Å². The molecule has 7 nitrogen and oxygen atoms in total. The zero-order valence-corrected chi connectivity index (χ0v) is 21.6. The number of nitrogens with zero attached hydrogens (tertiary/aromatic N) is 1. The van der Waals surface area contributed by atoms with Crippen LogP contribution < -0.4 is 10.6 Å². The molecule has 0 aliphatic carbocycles. The van der Waals surface area contributed by atoms with E-state index in [9.17, 15) is 14.4 Å². The Bertz CT molecular complexity index is 822. The lowest BCUT2D eigenvalue weighted by Crippen LogP contribution is -2.57. The molecule has 0 fully saturated rings. The third kappa shape index (κ3) is 8.17. The maximum absolute atomic E-state index is 13.6. The Balaban J connectivity index is 3.43. The maximum Gasteiger partial charge on any atom is 0.408 e. The summed E-state index contributed by atoms with van der Waals surface area (Å²) in [6.07, 6.45) is -0.678. The Hall–Kier alpha value is -2.57. The van der Waals surface area contributed by atoms with Gasteiger partial charge < -0.3 is 20.3 Å². The summed E-state index contributed by atoms with van der Waals surface area (Å²) in [4.78, 5) is 40.7. The molecule has 32 heavy (non-hydrogen) atoms. The van der Waals surface area contributed by atoms with E-state index in [1.54, 1.807) is 25.7 Å². The molecule has 180 valence electrons. The van der Waals surface area contributed by atoms with E-state index in [0.717, 1.165) is 16.7 Å². The smallest absolute Gasteiger partial charge is 0.408 e. The highest BCUT2D eigenvalue weighted by Crippen LogP contribution is 2.33. The molecule has 2 N–H and O–H groups in total. The number of nitrogens with one attached hydrogen (secondary N) is 2. The van der Waals surface area contributed by atoms with E-state index >= 15 is 0 Å². The van der Waals surface area contributed by atoms with Crippen molar-refractivity contribution >= 4 is 17.9 Å². The molecule has 1 aromatic rings. The Morgan fingerprint density at radius 3 is 1.84 bits per heavy atom. The number of carbonyl (C=O) groups is 3. The van der Waals surface area contributed by atoms with Gasteiger partial charge in [0.25, 0.3) is 0 Å². The highest BCUT2D eigenvalue weighted by molar-refractivity contribution is 5.91. The van der Waals surface area contributed by atoms with Gasteiger partial charge in [0, 0.05) is 11.1 Å². The summed E-state index contributed by atoms with van der Waals surface area (Å²) in [6.45, 7) is 20.2. The summed E-state index contributed by atoms with van der Waals surface area (Å²) in [7, 11) is 0. The van der Waals surface area contributed by atoms with Gasteiger partial charge in [-0.15, -0.1) is 0 Å². The van der Waals surface area contributed by atoms with Gasteiger partial charge in [-0.05, 0) is 92.9 Å². The predicted molar refractivity (Wildman–Crippen MR) is 127 cm³/mol. The number of benzene rings is 1. The van der Waals surface area contributed by atoms with E-state index in [4.69, 9.17) is 4.74 Å². The average molecular weight is 448 g/mol. The SMILES string of the molecule is Cc1cccc(C)c1C(C(=O)NC(C)(C)C)N(C(=O)CNC(=O)OC(C)(C)C)C(C)(C)C. The van der Waals surface area contributed by atoms with Gasteiger partial charge in [-0.3, -0.25) is 9.59 Å². The minimum absolute atomic E-state index is 0.268. The number of rotatable bonds is 5. The summed E-state index contributed by atoms with van der Waals surface area (Å²) < 4.78 is 5.25. The zero-order valence-electron chi connectivity index (χ0n) is 21.6. The Morgan fingerprint density at radius 2 is 1.44 bits per heavy atom. The van der Waals surface area contributed by atoms with Gasteiger partial charge in [-0.2, -0.15) is 0 Å². The molecule has 1 unspecified atom stereocenters. The summed E-state index contributed by atoms with van der Waals surface area (Å²) in [5.41, 5.74) is 0.774. The molecule has 1 rings (SSSR count). The van der Waals surface area contributed by atoms with Crippen LogP contribution in [0.5, 0.6) is 0 Å². The highest BCUT2D eigenvalue weighted by atomic mass is 16.6. The first-order valence-corrected chi connectivity index (χ1v) is 11.0. The molecule has 3 amide bonds. The molecule has 0 aromatic heterocycles. The molecule has 1 aromatic carbocycles. The van der Waals surface area contributed by atoms with Crippen molar-refractivity contribution in [2.75, 3.05) is 6.54 Å². The van der Waals surface area contributed by atoms with Crippen LogP contribution in [0.4, 0.5) is 4.79 Å². The van der Waals surface area contributed by atoms with Crippen molar-refractivity contribution in [3.05, 3.63) is 34.9 Å². The van der Waals surface area contributed by atoms with E-state index in [1.165, 1.54) is 0 Å². The molecular weight excluding hydrogens is 406 g/mol. The molecular formula is C25H41N3O4. The summed E-state index contributed by atoms with van der Waals surface area (Å²) >= 11 is 0. The van der Waals surface area contributed by atoms with Gasteiger partial charge >= 0.3 is 6.09 Å². The molecule has 0 radical (unpaired) electrons. The number of hydrogen-bond donors (Lipinski definition) is 2. The number of ether oxygens (including phenoxy) is 1. The topological polar surface area (TPSA) is 87.7 Å². The summed E-state index contributed by atoms with van der Waals surface area (Å²) in [5, 5.41) is 5.56. The van der Waals surface area contributed by atoms with Crippen molar-refractivity contribution in [2.45, 2.75) is 98.9 Å². The second-order valence-electron chi connectivity index (χ2n) is 11.2. The molecule has 0 saturated carbocycles. The first-order chi connectivity index (χ1) is 14.3. The Labute approximate surface area is 193 Å². The van der Waals surface area contributed by atoms with Crippen LogP contribution >= 0.6 is 0 Å². The Morgan fingerprint density at radius 1 is 0.938 bits per heavy atom. The van der Waals surface area contributed by atoms with Crippen molar-refractivity contribution in [1.82, 2.24) is 15.5 Å². The molecule has 1 atom stereocenters. The molecule has 0 saturated heterocycles. The summed E-state index contributed by atoms with van der Waals surface area (Å²) in [6, 6.07) is 4.94. The third-order valence-corrected chi connectivity index (χ3v) is 4.59. The fourth-order valence-electron chi connectivity index (χ4n) is 3.53. The Kier molecular flexibility index (Phi) is 8.52. The number of amides is 3. The van der Waals surface area contributed by atoms with Gasteiger partial charge in [-0.1, -0.05) is 18.2 Å². The number of carbonyl (C=O) groups excluding carboxylic acids is 3. The van der Waals surface area contributed by atoms with Crippen LogP contribution in [-0.4, -0.2) is 46.0 Å². The largest absolute Gasteiger partial charge is 0.444 e. The predicted octanol–water partition coefficient (Wildman–Crippen LogP) is 4.41. The fraction of sp³-hybridized carbons (Fsp3) is 0.640. The van der Waals surface area contributed by atoms with E-state index in [0.29, 0.717) is 0 Å². The van der Waals surface area contributed by atoms with Crippen molar-refractivity contribution < 1.29 is 19.1 Å². The maximum atomic E-state index is 13.6. The normalized spacial score (nSPS) is 13.2. The first-order valence-electron chi connectivity index (χ1n) is 11.0. The minimum Gasteiger partial charge on any atom is -0.444 e. The lowest BCUT2D eigenvalue weighted by atomic mass is 9.90. The van der Waals surface area contributed by atoms with Crippen LogP contribution in [0.3, 0.4) is 0 Å². The molecule has 0 bridgehead atoms. The second-order valence-corrected chi connectivity index (χ2v) is 11.2. The van der Waals surface area contributed by atoms with E-state index in [1.807, 2.05) is 73.6 Å². The highest BCUT2D eigenvalue weighted by Gasteiger charge is 2.40. The van der Waals surface area contributed by atoms with Gasteiger partial charge in [0.2, 0.25) is 11.8 Å². The van der Waals surface area contributed by atoms with Crippen LogP contribution in [0.1, 0.15) is 85.0 Å². The van der Waals surface area contributed by atoms with Crippen molar-refractivity contribution in [2.24, 2.45) is 0 Å². The molecule has 0 heterocycles. The van der Waals surface area contributed by atoms with Crippen LogP contribution in [-0.2, 0) is 14.3 Å². The summed E-state index contributed by atoms with van der Waals surface area (Å²) in [5.74, 6) is -0.643. The minimum atomic E-state index is -0.858. The van der Waals surface area contributed by atoms with Crippen LogP contribution in [0.2, 0.25) is 0 Å². The lowest BCUT2D eigenvalue weighted by Gasteiger charge is -2.43. The molecule has 7 heteroatoms. The lowest BCUT2D eigenvalue weighted by molar-refractivity contribution is -0.146. The molecule has 0 aliphatic rings. The number of alkyl carbamates (subject to hydrolysis) is 1. The van der Waals surface area contributed by atoms with E-state index in [-0.39, 0.29) is 18.4 Å². The van der Waals surface area contributed by atoms with Gasteiger partial charge in [-0.25, -0.2) is 4.79 Å². The third-order valence-electron chi connectivity index (χ3n) is 4.59. The number of aryl methyl sites for hydroxylation is 2. The van der Waals surface area contributed by atoms with Crippen LogP contribution in [0, 0.1) is 13.8 Å². The zero-order chi connectivity index (χ0) is 25.1. The second kappa shape index (κ2) is 9.92. The number of hydrogen-bond acceptors (Lipinski definition) is 4. The fourth-order valence-corrected chi connectivity index (χ4v) is 3.53. The van der Waals surface area contributed by atoms with E-state index < -0.39 is 28.8 Å². The first kappa shape index (κ1) is 27.5. The average Bonchev–Trinajstić information content (AvgIpc) is 2.54. The van der Waals surface area contributed by atoms with Crippen LogP contribution in [0.15, 0.2) is 18.2 Å². The monoisotopic (exact) mass is 447 g/mol. The van der Waals surface area contributed by atoms with Crippen LogP contribution in [0.25, 0.3) is 0 Å². The van der Waals surface area contributed by atoms with Crippen molar-refractivity contribution in [3.8, 4) is 0 Å². The molecule has 0 aliphatic heterocycles. The van der Waals surface area contributed by atoms with Crippen molar-refractivity contribution in [3.63, 3.8) is 0 Å². The quantitative estimate of drug-likeness (QED) is 0.700. The standard InChI is InChI=1S/C25H41N3O4/c1-16-13-12-14-17(2)19(16)20(21(30)27-23(3,4)5)28(24(6,7)8)18(29)15-26-22(31)32-25(9,10)11/h12-14,20H,15H2,1-11H3,(H,26,31)(H,27,30). The van der Waals surface area contributed by atoms with E-state index in [2.05, 4.69) is 10.6 Å². The van der Waals surface area contributed by atoms with Crippen molar-refractivity contribution in [1.29, 1.82) is 0 Å². The van der Waals surface area contributed by atoms with Gasteiger partial charge in [0.15, 0.2) is 0 Å². The van der Waals surface area contributed by atoms with Gasteiger partial charge in [0.1, 0.15) is 18.2 Å². The molecule has 0 spiro atoms.